The van der Waals surface area contributed by atoms with E-state index in [1.807, 2.05) is 32.0 Å². The van der Waals surface area contributed by atoms with Crippen molar-refractivity contribution in [1.82, 2.24) is 15.4 Å². The maximum atomic E-state index is 12.3. The summed E-state index contributed by atoms with van der Waals surface area (Å²) in [5.74, 6) is -0.872. The largest absolute Gasteiger partial charge is 0.348 e. The standard InChI is InChI=1S/C22H27N3O4S/c1-15-10-11-18(12-16(15)2)30(28,29)24-14-21(26)23-13-22(27)25-20-9-5-7-17-6-3-4-8-19(17)20/h3-4,6,8,10-12,20,24H,5,7,9,13-14H2,1-2H3,(H,23,26)(H,25,27)/t20-/m1/s1. The van der Waals surface area contributed by atoms with Crippen LogP contribution in [0.3, 0.4) is 0 Å². The van der Waals surface area contributed by atoms with Crippen LogP contribution in [0.25, 0.3) is 0 Å². The number of amides is 2. The van der Waals surface area contributed by atoms with Gasteiger partial charge in [-0.1, -0.05) is 30.3 Å². The van der Waals surface area contributed by atoms with Crippen LogP contribution in [0, 0.1) is 13.8 Å². The van der Waals surface area contributed by atoms with Crippen LogP contribution in [0.4, 0.5) is 0 Å². The Morgan fingerprint density at radius 1 is 1.00 bits per heavy atom. The second kappa shape index (κ2) is 9.40. The number of rotatable bonds is 7. The van der Waals surface area contributed by atoms with Gasteiger partial charge >= 0.3 is 0 Å². The molecule has 0 radical (unpaired) electrons. The molecule has 1 atom stereocenters. The van der Waals surface area contributed by atoms with Crippen molar-refractivity contribution in [1.29, 1.82) is 0 Å². The molecule has 0 spiro atoms. The molecule has 30 heavy (non-hydrogen) atoms. The molecule has 1 aliphatic carbocycles. The predicted octanol–water partition coefficient (Wildman–Crippen LogP) is 1.89. The second-order valence-electron chi connectivity index (χ2n) is 7.56. The van der Waals surface area contributed by atoms with Gasteiger partial charge in [0.15, 0.2) is 0 Å². The molecule has 3 rings (SSSR count). The highest BCUT2D eigenvalue weighted by atomic mass is 32.2. The van der Waals surface area contributed by atoms with Crippen molar-refractivity contribution in [2.24, 2.45) is 0 Å². The van der Waals surface area contributed by atoms with E-state index in [1.165, 1.54) is 11.6 Å². The Bertz CT molecular complexity index is 1050. The molecular weight excluding hydrogens is 402 g/mol. The fraction of sp³-hybridized carbons (Fsp3) is 0.364. The van der Waals surface area contributed by atoms with E-state index in [1.54, 1.807) is 12.1 Å². The van der Waals surface area contributed by atoms with Gasteiger partial charge in [0.05, 0.1) is 24.0 Å². The highest BCUT2D eigenvalue weighted by molar-refractivity contribution is 7.89. The summed E-state index contributed by atoms with van der Waals surface area (Å²) in [6.07, 6.45) is 2.85. The van der Waals surface area contributed by atoms with Crippen molar-refractivity contribution in [2.45, 2.75) is 44.0 Å². The van der Waals surface area contributed by atoms with Crippen molar-refractivity contribution in [3.8, 4) is 0 Å². The van der Waals surface area contributed by atoms with Crippen LogP contribution in [0.1, 0.15) is 41.1 Å². The summed E-state index contributed by atoms with van der Waals surface area (Å²) in [4.78, 5) is 24.4. The summed E-state index contributed by atoms with van der Waals surface area (Å²) in [5, 5.41) is 5.41. The van der Waals surface area contributed by atoms with E-state index >= 15 is 0 Å². The SMILES string of the molecule is Cc1ccc(S(=O)(=O)NCC(=O)NCC(=O)N[C@@H]2CCCc3ccccc32)cc1C. The Morgan fingerprint density at radius 2 is 1.77 bits per heavy atom. The average Bonchev–Trinajstić information content (AvgIpc) is 2.73. The van der Waals surface area contributed by atoms with Crippen LogP contribution < -0.4 is 15.4 Å². The fourth-order valence-electron chi connectivity index (χ4n) is 3.52. The highest BCUT2D eigenvalue weighted by Gasteiger charge is 2.22. The van der Waals surface area contributed by atoms with Gasteiger partial charge in [0.2, 0.25) is 21.8 Å². The third-order valence-corrected chi connectivity index (χ3v) is 6.76. The van der Waals surface area contributed by atoms with Crippen LogP contribution in [0.15, 0.2) is 47.4 Å². The number of benzene rings is 2. The molecule has 2 amide bonds. The van der Waals surface area contributed by atoms with E-state index in [9.17, 15) is 18.0 Å². The van der Waals surface area contributed by atoms with E-state index < -0.39 is 22.5 Å². The van der Waals surface area contributed by atoms with Crippen molar-refractivity contribution < 1.29 is 18.0 Å². The van der Waals surface area contributed by atoms with Gasteiger partial charge in [-0.3, -0.25) is 9.59 Å². The van der Waals surface area contributed by atoms with Crippen molar-refractivity contribution in [3.63, 3.8) is 0 Å². The van der Waals surface area contributed by atoms with Crippen LogP contribution in [0.5, 0.6) is 0 Å². The molecular formula is C22H27N3O4S. The lowest BCUT2D eigenvalue weighted by Gasteiger charge is -2.26. The van der Waals surface area contributed by atoms with Crippen molar-refractivity contribution >= 4 is 21.8 Å². The van der Waals surface area contributed by atoms with E-state index in [0.29, 0.717) is 0 Å². The number of carbonyl (C=O) groups is 2. The first-order valence-corrected chi connectivity index (χ1v) is 11.5. The molecule has 0 fully saturated rings. The smallest absolute Gasteiger partial charge is 0.241 e. The van der Waals surface area contributed by atoms with Gasteiger partial charge in [-0.25, -0.2) is 13.1 Å². The number of nitrogens with one attached hydrogen (secondary N) is 3. The minimum Gasteiger partial charge on any atom is -0.348 e. The Morgan fingerprint density at radius 3 is 2.53 bits per heavy atom. The summed E-state index contributed by atoms with van der Waals surface area (Å²) in [7, 11) is -3.80. The van der Waals surface area contributed by atoms with Crippen LogP contribution >= 0.6 is 0 Å². The third-order valence-electron chi connectivity index (χ3n) is 5.36. The third kappa shape index (κ3) is 5.46. The molecule has 0 aliphatic heterocycles. The molecule has 1 aliphatic rings. The molecule has 2 aromatic carbocycles. The Labute approximate surface area is 177 Å². The number of carbonyl (C=O) groups excluding carboxylic acids is 2. The summed E-state index contributed by atoms with van der Waals surface area (Å²) in [6, 6.07) is 12.7. The second-order valence-corrected chi connectivity index (χ2v) is 9.33. The maximum Gasteiger partial charge on any atom is 0.241 e. The Hall–Kier alpha value is -2.71. The van der Waals surface area contributed by atoms with Gasteiger partial charge < -0.3 is 10.6 Å². The Kier molecular flexibility index (Phi) is 6.89. The average molecular weight is 430 g/mol. The molecule has 0 saturated carbocycles. The fourth-order valence-corrected chi connectivity index (χ4v) is 4.58. The van der Waals surface area contributed by atoms with Gasteiger partial charge in [0.1, 0.15) is 0 Å². The first-order chi connectivity index (χ1) is 14.3. The zero-order valence-corrected chi connectivity index (χ0v) is 18.0. The monoisotopic (exact) mass is 429 g/mol. The topological polar surface area (TPSA) is 104 Å². The van der Waals surface area contributed by atoms with Crippen LogP contribution in [-0.4, -0.2) is 33.3 Å². The molecule has 0 saturated heterocycles. The lowest BCUT2D eigenvalue weighted by Crippen LogP contribution is -2.43. The molecule has 0 aromatic heterocycles. The summed E-state index contributed by atoms with van der Waals surface area (Å²) >= 11 is 0. The summed E-state index contributed by atoms with van der Waals surface area (Å²) in [6.45, 7) is 3.08. The predicted molar refractivity (Wildman–Crippen MR) is 114 cm³/mol. The lowest BCUT2D eigenvalue weighted by molar-refractivity contribution is -0.125. The number of hydrogen-bond donors (Lipinski definition) is 3. The van der Waals surface area contributed by atoms with Gasteiger partial charge in [-0.15, -0.1) is 0 Å². The number of sulfonamides is 1. The summed E-state index contributed by atoms with van der Waals surface area (Å²) < 4.78 is 27.0. The lowest BCUT2D eigenvalue weighted by atomic mass is 9.88. The molecule has 8 heteroatoms. The van der Waals surface area contributed by atoms with Gasteiger partial charge in [-0.05, 0) is 67.5 Å². The highest BCUT2D eigenvalue weighted by Crippen LogP contribution is 2.29. The quantitative estimate of drug-likeness (QED) is 0.625. The van der Waals surface area contributed by atoms with E-state index in [2.05, 4.69) is 21.4 Å². The molecule has 0 unspecified atom stereocenters. The minimum atomic E-state index is -3.80. The molecule has 3 N–H and O–H groups in total. The summed E-state index contributed by atoms with van der Waals surface area (Å²) in [5.41, 5.74) is 4.19. The van der Waals surface area contributed by atoms with E-state index in [0.717, 1.165) is 36.0 Å². The van der Waals surface area contributed by atoms with Gasteiger partial charge in [0, 0.05) is 0 Å². The van der Waals surface area contributed by atoms with E-state index in [4.69, 9.17) is 0 Å². The molecule has 0 bridgehead atoms. The van der Waals surface area contributed by atoms with Crippen LogP contribution in [-0.2, 0) is 26.0 Å². The zero-order chi connectivity index (χ0) is 21.7. The van der Waals surface area contributed by atoms with Crippen molar-refractivity contribution in [3.05, 3.63) is 64.7 Å². The van der Waals surface area contributed by atoms with E-state index in [-0.39, 0.29) is 23.4 Å². The molecule has 7 nitrogen and oxygen atoms in total. The first-order valence-electron chi connectivity index (χ1n) is 9.97. The number of aryl methyl sites for hydroxylation is 3. The first kappa shape index (κ1) is 22.0. The molecule has 160 valence electrons. The molecule has 0 heterocycles. The normalized spacial score (nSPS) is 15.9. The van der Waals surface area contributed by atoms with Crippen molar-refractivity contribution in [2.75, 3.05) is 13.1 Å². The van der Waals surface area contributed by atoms with Gasteiger partial charge in [-0.2, -0.15) is 0 Å². The Balaban J connectivity index is 1.48. The number of fused-ring (bicyclic) bond motifs is 1. The van der Waals surface area contributed by atoms with Crippen LogP contribution in [0.2, 0.25) is 0 Å². The zero-order valence-electron chi connectivity index (χ0n) is 17.2. The maximum absolute atomic E-state index is 12.3. The molecule has 2 aromatic rings. The minimum absolute atomic E-state index is 0.0670. The van der Waals surface area contributed by atoms with Gasteiger partial charge in [0.25, 0.3) is 0 Å². The number of hydrogen-bond acceptors (Lipinski definition) is 4.